The molecule has 2 aromatic heterocycles. The maximum Gasteiger partial charge on any atom is 0.282 e. The number of rotatable bonds is 3. The zero-order chi connectivity index (χ0) is 19.6. The maximum absolute atomic E-state index is 12.4. The van der Waals surface area contributed by atoms with Crippen molar-refractivity contribution < 1.29 is 4.98 Å². The van der Waals surface area contributed by atoms with Gasteiger partial charge < -0.3 is 4.98 Å². The highest BCUT2D eigenvalue weighted by atomic mass is 16.1. The summed E-state index contributed by atoms with van der Waals surface area (Å²) in [6.07, 6.45) is 7.64. The van der Waals surface area contributed by atoms with E-state index in [4.69, 9.17) is 0 Å². The molecule has 3 heterocycles. The van der Waals surface area contributed by atoms with Gasteiger partial charge in [-0.3, -0.25) is 9.69 Å². The van der Waals surface area contributed by atoms with Gasteiger partial charge in [-0.15, -0.1) is 0 Å². The van der Waals surface area contributed by atoms with Crippen LogP contribution in [-0.4, -0.2) is 23.1 Å². The van der Waals surface area contributed by atoms with E-state index >= 15 is 0 Å². The fraction of sp³-hybridized carbons (Fsp3) is 0.208. The van der Waals surface area contributed by atoms with Crippen LogP contribution in [0.1, 0.15) is 30.7 Å². The minimum atomic E-state index is -0.114. The molecule has 0 atom stereocenters. The van der Waals surface area contributed by atoms with Crippen LogP contribution in [0.25, 0.3) is 34.0 Å². The van der Waals surface area contributed by atoms with E-state index in [1.165, 1.54) is 19.3 Å². The van der Waals surface area contributed by atoms with Crippen LogP contribution in [0.15, 0.2) is 59.4 Å². The number of aromatic amines is 2. The molecule has 1 saturated heterocycles. The number of nitrogens with zero attached hydrogens (tertiary/aromatic N) is 2. The molecule has 1 aliphatic rings. The Labute approximate surface area is 168 Å². The van der Waals surface area contributed by atoms with E-state index in [2.05, 4.69) is 44.1 Å². The number of aromatic nitrogens is 3. The van der Waals surface area contributed by atoms with Crippen LogP contribution in [0.5, 0.6) is 0 Å². The Morgan fingerprint density at radius 3 is 2.66 bits per heavy atom. The number of hydrogen-bond acceptors (Lipinski definition) is 3. The van der Waals surface area contributed by atoms with Crippen molar-refractivity contribution in [3.63, 3.8) is 0 Å². The highest BCUT2D eigenvalue weighted by Gasteiger charge is 2.22. The third-order valence-electron chi connectivity index (χ3n) is 5.52. The summed E-state index contributed by atoms with van der Waals surface area (Å²) in [7, 11) is 0. The van der Waals surface area contributed by atoms with Crippen molar-refractivity contribution in [2.45, 2.75) is 19.3 Å². The minimum absolute atomic E-state index is 0.114. The Morgan fingerprint density at radius 1 is 0.966 bits per heavy atom. The summed E-state index contributed by atoms with van der Waals surface area (Å²) in [4.78, 5) is 25.9. The number of piperidine rings is 1. The summed E-state index contributed by atoms with van der Waals surface area (Å²) < 4.78 is 0. The number of pyridine rings is 1. The smallest absolute Gasteiger partial charge is 0.282 e. The summed E-state index contributed by atoms with van der Waals surface area (Å²) in [6, 6.07) is 17.9. The number of para-hydroxylation sites is 2. The van der Waals surface area contributed by atoms with Gasteiger partial charge in [0.15, 0.2) is 0 Å². The average molecular weight is 383 g/mol. The van der Waals surface area contributed by atoms with E-state index in [1.54, 1.807) is 6.07 Å². The molecule has 0 unspecified atom stereocenters. The summed E-state index contributed by atoms with van der Waals surface area (Å²) in [5, 5.41) is 1.77. The van der Waals surface area contributed by atoms with Crippen molar-refractivity contribution in [1.82, 2.24) is 9.97 Å². The predicted molar refractivity (Wildman–Crippen MR) is 118 cm³/mol. The number of benzene rings is 2. The first-order chi connectivity index (χ1) is 14.3. The molecule has 144 valence electrons. The molecule has 1 fully saturated rings. The lowest BCUT2D eigenvalue weighted by molar-refractivity contribution is -0.331. The summed E-state index contributed by atoms with van der Waals surface area (Å²) >= 11 is 0. The first kappa shape index (κ1) is 17.6. The molecule has 0 radical (unpaired) electrons. The van der Waals surface area contributed by atoms with Gasteiger partial charge in [-0.05, 0) is 55.7 Å². The van der Waals surface area contributed by atoms with E-state index in [1.807, 2.05) is 36.4 Å². The zero-order valence-corrected chi connectivity index (χ0v) is 16.2. The van der Waals surface area contributed by atoms with Gasteiger partial charge in [-0.2, -0.15) is 0 Å². The number of anilines is 1. The molecule has 4 aromatic rings. The van der Waals surface area contributed by atoms with Gasteiger partial charge >= 0.3 is 0 Å². The first-order valence-corrected chi connectivity index (χ1v) is 10.2. The fourth-order valence-corrected chi connectivity index (χ4v) is 4.03. The first-order valence-electron chi connectivity index (χ1n) is 10.2. The van der Waals surface area contributed by atoms with E-state index < -0.39 is 0 Å². The van der Waals surface area contributed by atoms with Crippen LogP contribution < -0.4 is 15.4 Å². The summed E-state index contributed by atoms with van der Waals surface area (Å²) in [5.41, 5.74) is 2.82. The number of fused-ring (bicyclic) bond motifs is 2. The molecule has 29 heavy (non-hydrogen) atoms. The van der Waals surface area contributed by atoms with Crippen molar-refractivity contribution in [2.24, 2.45) is 0 Å². The highest BCUT2D eigenvalue weighted by molar-refractivity contribution is 5.84. The standard InChI is InChI=1S/C24H22N4O/c29-24-19-9-3-5-11-21(19)25-22(27-24)13-12-18-16-17-8-2-4-10-20(17)26-23(18)28-14-6-1-7-15-28/h2-5,8-13,16H,1,6-7,14-15H2,(H,25,27,29)/p+1/b13-12+. The van der Waals surface area contributed by atoms with E-state index in [9.17, 15) is 4.79 Å². The van der Waals surface area contributed by atoms with Gasteiger partial charge in [-0.1, -0.05) is 30.3 Å². The van der Waals surface area contributed by atoms with Crippen LogP contribution in [-0.2, 0) is 0 Å². The molecule has 5 heteroatoms. The lowest BCUT2D eigenvalue weighted by Gasteiger charge is -2.22. The van der Waals surface area contributed by atoms with Crippen LogP contribution in [0, 0.1) is 0 Å². The van der Waals surface area contributed by atoms with Crippen molar-refractivity contribution in [3.8, 4) is 0 Å². The van der Waals surface area contributed by atoms with Crippen molar-refractivity contribution >= 4 is 39.8 Å². The number of H-pyrrole nitrogens is 2. The number of hydrogen-bond donors (Lipinski definition) is 1. The fourth-order valence-electron chi connectivity index (χ4n) is 4.03. The van der Waals surface area contributed by atoms with E-state index in [0.29, 0.717) is 16.7 Å². The van der Waals surface area contributed by atoms with Crippen LogP contribution in [0.4, 0.5) is 5.82 Å². The Hall–Kier alpha value is -3.47. The molecule has 0 amide bonds. The lowest BCUT2D eigenvalue weighted by atomic mass is 10.1. The molecule has 2 N–H and O–H groups in total. The van der Waals surface area contributed by atoms with Crippen molar-refractivity contribution in [3.05, 3.63) is 76.3 Å². The molecule has 1 aliphatic heterocycles. The van der Waals surface area contributed by atoms with Crippen LogP contribution >= 0.6 is 0 Å². The molecular formula is C24H23N4O+. The average Bonchev–Trinajstić information content (AvgIpc) is 2.78. The van der Waals surface area contributed by atoms with Crippen LogP contribution in [0.3, 0.4) is 0 Å². The zero-order valence-electron chi connectivity index (χ0n) is 16.2. The Bertz CT molecular complexity index is 1270. The third kappa shape index (κ3) is 3.51. The SMILES string of the molecule is O=c1[nH]c(/C=C/c2cc3ccccc3[nH+]c2N2CCCCC2)nc2ccccc12. The predicted octanol–water partition coefficient (Wildman–Crippen LogP) is 4.05. The van der Waals surface area contributed by atoms with Crippen LogP contribution in [0.2, 0.25) is 0 Å². The van der Waals surface area contributed by atoms with Gasteiger partial charge in [0.05, 0.1) is 29.6 Å². The number of nitrogens with one attached hydrogen (secondary N) is 2. The Kier molecular flexibility index (Phi) is 4.56. The van der Waals surface area contributed by atoms with E-state index in [-0.39, 0.29) is 5.56 Å². The molecule has 0 aliphatic carbocycles. The second-order valence-corrected chi connectivity index (χ2v) is 7.51. The lowest BCUT2D eigenvalue weighted by Crippen LogP contribution is -2.34. The summed E-state index contributed by atoms with van der Waals surface area (Å²) in [6.45, 7) is 2.11. The monoisotopic (exact) mass is 383 g/mol. The molecule has 0 spiro atoms. The Balaban J connectivity index is 1.59. The second kappa shape index (κ2) is 7.51. The third-order valence-corrected chi connectivity index (χ3v) is 5.52. The highest BCUT2D eigenvalue weighted by Crippen LogP contribution is 2.24. The van der Waals surface area contributed by atoms with Gasteiger partial charge in [-0.25, -0.2) is 9.97 Å². The molecule has 5 nitrogen and oxygen atoms in total. The largest absolute Gasteiger partial charge is 0.306 e. The van der Waals surface area contributed by atoms with Gasteiger partial charge in [0.2, 0.25) is 0 Å². The molecule has 0 saturated carbocycles. The molecule has 0 bridgehead atoms. The maximum atomic E-state index is 12.4. The molecular weight excluding hydrogens is 360 g/mol. The van der Waals surface area contributed by atoms with Gasteiger partial charge in [0.1, 0.15) is 11.3 Å². The molecule has 2 aromatic carbocycles. The van der Waals surface area contributed by atoms with Crippen molar-refractivity contribution in [2.75, 3.05) is 18.0 Å². The quantitative estimate of drug-likeness (QED) is 0.580. The van der Waals surface area contributed by atoms with Crippen molar-refractivity contribution in [1.29, 1.82) is 0 Å². The van der Waals surface area contributed by atoms with Gasteiger partial charge in [0, 0.05) is 5.39 Å². The molecule has 5 rings (SSSR count). The topological polar surface area (TPSA) is 63.1 Å². The second-order valence-electron chi connectivity index (χ2n) is 7.51. The summed E-state index contributed by atoms with van der Waals surface area (Å²) in [5.74, 6) is 1.69. The Morgan fingerprint density at radius 2 is 1.76 bits per heavy atom. The normalized spacial score (nSPS) is 14.8. The van der Waals surface area contributed by atoms with Gasteiger partial charge in [0.25, 0.3) is 11.4 Å². The van der Waals surface area contributed by atoms with E-state index in [0.717, 1.165) is 35.4 Å². The minimum Gasteiger partial charge on any atom is -0.306 e.